The summed E-state index contributed by atoms with van der Waals surface area (Å²) in [6.07, 6.45) is 3.61. The molecule has 8 rings (SSSR count). The number of hydrogen-bond donors (Lipinski definition) is 0. The molecule has 1 aliphatic heterocycles. The Morgan fingerprint density at radius 2 is 0.909 bits per heavy atom. The number of benzene rings is 5. The fraction of sp³-hybridized carbons (Fsp3) is 0.150. The van der Waals surface area contributed by atoms with E-state index < -0.39 is 0 Å². The minimum Gasteiger partial charge on any atom is -0.489 e. The van der Waals surface area contributed by atoms with Gasteiger partial charge in [0, 0.05) is 46.9 Å². The molecule has 0 unspecified atom stereocenters. The lowest BCUT2D eigenvalue weighted by Crippen LogP contribution is -1.99. The minimum atomic E-state index is 0.460. The molecular weight excluding hydrogens is 544 g/mol. The van der Waals surface area contributed by atoms with E-state index in [2.05, 4.69) is 97.1 Å². The van der Waals surface area contributed by atoms with Crippen molar-refractivity contribution in [3.63, 3.8) is 0 Å². The van der Waals surface area contributed by atoms with E-state index in [-0.39, 0.29) is 0 Å². The molecule has 0 saturated heterocycles. The van der Waals surface area contributed by atoms with Gasteiger partial charge in [0.1, 0.15) is 47.4 Å². The SMILES string of the molecule is c1ccc(-c2c3oc4cc(ccc24)OCc2cccc(c2)COc2ccc4c(-c5ccccc5)c(oc4c2)CCCC3)cc1. The van der Waals surface area contributed by atoms with Crippen LogP contribution in [0.25, 0.3) is 44.2 Å². The van der Waals surface area contributed by atoms with Gasteiger partial charge in [0.05, 0.1) is 0 Å². The lowest BCUT2D eigenvalue weighted by Gasteiger charge is -2.10. The summed E-state index contributed by atoms with van der Waals surface area (Å²) in [5.74, 6) is 3.61. The predicted molar refractivity (Wildman–Crippen MR) is 175 cm³/mol. The van der Waals surface area contributed by atoms with Gasteiger partial charge in [0.2, 0.25) is 0 Å². The topological polar surface area (TPSA) is 44.7 Å². The van der Waals surface area contributed by atoms with Crippen LogP contribution in [0.5, 0.6) is 11.5 Å². The molecule has 8 bridgehead atoms. The van der Waals surface area contributed by atoms with E-state index in [0.29, 0.717) is 13.2 Å². The number of furan rings is 2. The van der Waals surface area contributed by atoms with Gasteiger partial charge in [-0.15, -0.1) is 0 Å². The summed E-state index contributed by atoms with van der Waals surface area (Å²) in [5.41, 5.74) is 8.55. The first-order valence-electron chi connectivity index (χ1n) is 15.3. The maximum Gasteiger partial charge on any atom is 0.138 e. The Balaban J connectivity index is 1.20. The summed E-state index contributed by atoms with van der Waals surface area (Å²) in [6.45, 7) is 0.920. The van der Waals surface area contributed by atoms with Gasteiger partial charge in [0.25, 0.3) is 0 Å². The van der Waals surface area contributed by atoms with Gasteiger partial charge < -0.3 is 18.3 Å². The number of rotatable bonds is 2. The first kappa shape index (κ1) is 26.4. The Labute approximate surface area is 256 Å². The average Bonchev–Trinajstić information content (AvgIpc) is 3.62. The second-order valence-corrected chi connectivity index (χ2v) is 11.5. The van der Waals surface area contributed by atoms with E-state index in [1.165, 1.54) is 22.3 Å². The molecule has 7 aromatic rings. The van der Waals surface area contributed by atoms with Crippen LogP contribution >= 0.6 is 0 Å². The fourth-order valence-corrected chi connectivity index (χ4v) is 6.34. The summed E-state index contributed by atoms with van der Waals surface area (Å²) < 4.78 is 25.6. The lowest BCUT2D eigenvalue weighted by molar-refractivity contribution is 0.300. The third-order valence-electron chi connectivity index (χ3n) is 8.45. The van der Waals surface area contributed by atoms with E-state index in [4.69, 9.17) is 18.3 Å². The fourth-order valence-electron chi connectivity index (χ4n) is 6.34. The summed E-state index contributed by atoms with van der Waals surface area (Å²) >= 11 is 0. The van der Waals surface area contributed by atoms with E-state index >= 15 is 0 Å². The molecule has 0 radical (unpaired) electrons. The molecule has 0 fully saturated rings. The first-order valence-corrected chi connectivity index (χ1v) is 15.3. The summed E-state index contributed by atoms with van der Waals surface area (Å²) in [5, 5.41) is 2.22. The van der Waals surface area contributed by atoms with Crippen LogP contribution < -0.4 is 9.47 Å². The smallest absolute Gasteiger partial charge is 0.138 e. The van der Waals surface area contributed by atoms with Crippen molar-refractivity contribution in [2.75, 3.05) is 0 Å². The standard InChI is InChI=1S/C40H32O4/c1-3-12-29(13-4-1)39-33-20-18-31-23-37(33)43-35(39)16-7-8-17-36-40(30-14-5-2-6-15-30)34-21-19-32(24-38(34)44-36)42-26-28-11-9-10-27(22-28)25-41-31/h1-6,9-15,18-24H,7-8,16-17,25-26H2. The van der Waals surface area contributed by atoms with Crippen LogP contribution in [0.2, 0.25) is 0 Å². The van der Waals surface area contributed by atoms with Crippen LogP contribution in [0.1, 0.15) is 35.5 Å². The van der Waals surface area contributed by atoms with Gasteiger partial charge in [-0.2, -0.15) is 0 Å². The molecule has 0 saturated carbocycles. The number of fused-ring (bicyclic) bond motifs is 6. The average molecular weight is 577 g/mol. The zero-order valence-corrected chi connectivity index (χ0v) is 24.4. The van der Waals surface area contributed by atoms with Crippen molar-refractivity contribution in [3.05, 3.63) is 144 Å². The van der Waals surface area contributed by atoms with Crippen molar-refractivity contribution in [1.82, 2.24) is 0 Å². The Hall–Kier alpha value is -5.22. The van der Waals surface area contributed by atoms with Crippen molar-refractivity contribution < 1.29 is 18.3 Å². The third kappa shape index (κ3) is 5.13. The van der Waals surface area contributed by atoms with E-state index in [0.717, 1.165) is 81.8 Å². The molecule has 216 valence electrons. The first-order chi connectivity index (χ1) is 21.8. The highest BCUT2D eigenvalue weighted by atomic mass is 16.5. The Kier molecular flexibility index (Phi) is 6.88. The predicted octanol–water partition coefficient (Wildman–Crippen LogP) is 10.5. The van der Waals surface area contributed by atoms with Crippen LogP contribution in [-0.2, 0) is 26.1 Å². The van der Waals surface area contributed by atoms with E-state index in [1.54, 1.807) is 0 Å². The molecular formula is C40H32O4. The molecule has 44 heavy (non-hydrogen) atoms. The van der Waals surface area contributed by atoms with Crippen LogP contribution in [0.4, 0.5) is 0 Å². The summed E-state index contributed by atoms with van der Waals surface area (Å²) in [4.78, 5) is 0. The molecule has 0 atom stereocenters. The highest BCUT2D eigenvalue weighted by Crippen LogP contribution is 2.39. The molecule has 4 nitrogen and oxygen atoms in total. The zero-order chi connectivity index (χ0) is 29.3. The molecule has 0 spiro atoms. The van der Waals surface area contributed by atoms with Gasteiger partial charge in [-0.3, -0.25) is 0 Å². The molecule has 4 heteroatoms. The molecule has 5 aromatic carbocycles. The van der Waals surface area contributed by atoms with Crippen molar-refractivity contribution >= 4 is 21.9 Å². The number of ether oxygens (including phenoxy) is 2. The van der Waals surface area contributed by atoms with Crippen LogP contribution in [0.15, 0.2) is 130 Å². The van der Waals surface area contributed by atoms with Crippen molar-refractivity contribution in [2.24, 2.45) is 0 Å². The van der Waals surface area contributed by atoms with Crippen molar-refractivity contribution in [3.8, 4) is 33.8 Å². The van der Waals surface area contributed by atoms with Gasteiger partial charge in [-0.25, -0.2) is 0 Å². The lowest BCUT2D eigenvalue weighted by atomic mass is 9.97. The van der Waals surface area contributed by atoms with Crippen molar-refractivity contribution in [2.45, 2.75) is 38.9 Å². The van der Waals surface area contributed by atoms with Crippen LogP contribution in [0, 0.1) is 0 Å². The summed E-state index contributed by atoms with van der Waals surface area (Å²) in [7, 11) is 0. The Morgan fingerprint density at radius 1 is 0.432 bits per heavy atom. The molecule has 2 aromatic heterocycles. The van der Waals surface area contributed by atoms with E-state index in [1.807, 2.05) is 24.3 Å². The second-order valence-electron chi connectivity index (χ2n) is 11.5. The maximum absolute atomic E-state index is 6.56. The normalized spacial score (nSPS) is 13.7. The third-order valence-corrected chi connectivity index (χ3v) is 8.45. The van der Waals surface area contributed by atoms with Gasteiger partial charge in [-0.05, 0) is 65.4 Å². The second kappa shape index (κ2) is 11.5. The van der Waals surface area contributed by atoms with E-state index in [9.17, 15) is 0 Å². The van der Waals surface area contributed by atoms with Crippen LogP contribution in [0.3, 0.4) is 0 Å². The minimum absolute atomic E-state index is 0.460. The monoisotopic (exact) mass is 576 g/mol. The molecule has 0 N–H and O–H groups in total. The van der Waals surface area contributed by atoms with Gasteiger partial charge >= 0.3 is 0 Å². The summed E-state index contributed by atoms with van der Waals surface area (Å²) in [6, 6.07) is 41.8. The Morgan fingerprint density at radius 3 is 1.39 bits per heavy atom. The van der Waals surface area contributed by atoms with Crippen molar-refractivity contribution in [1.29, 1.82) is 0 Å². The molecule has 0 aliphatic carbocycles. The largest absolute Gasteiger partial charge is 0.489 e. The zero-order valence-electron chi connectivity index (χ0n) is 24.4. The Bertz CT molecular complexity index is 1920. The highest BCUT2D eigenvalue weighted by molar-refractivity contribution is 5.97. The van der Waals surface area contributed by atoms with Gasteiger partial charge in [-0.1, -0.05) is 78.9 Å². The maximum atomic E-state index is 6.56. The highest BCUT2D eigenvalue weighted by Gasteiger charge is 2.19. The molecule has 1 aliphatic rings. The van der Waals surface area contributed by atoms with Gasteiger partial charge in [0.15, 0.2) is 0 Å². The molecule has 3 heterocycles. The van der Waals surface area contributed by atoms with Crippen LogP contribution in [-0.4, -0.2) is 0 Å². The molecule has 0 amide bonds. The quantitative estimate of drug-likeness (QED) is 0.205. The number of aryl methyl sites for hydroxylation is 2. The number of hydrogen-bond acceptors (Lipinski definition) is 4.